The molecule has 0 bridgehead atoms. The normalized spacial score (nSPS) is 24.9. The summed E-state index contributed by atoms with van der Waals surface area (Å²) in [6, 6.07) is 0.0404. The van der Waals surface area contributed by atoms with Gasteiger partial charge in [-0.15, -0.1) is 0 Å². The number of ether oxygens (including phenoxy) is 2. The van der Waals surface area contributed by atoms with Gasteiger partial charge in [0.1, 0.15) is 13.2 Å². The van der Waals surface area contributed by atoms with Gasteiger partial charge in [-0.2, -0.15) is 0 Å². The Morgan fingerprint density at radius 2 is 1.28 bits per heavy atom. The molecular weight excluding hydrogens is 670 g/mol. The Morgan fingerprint density at radius 3 is 1.83 bits per heavy atom. The van der Waals surface area contributed by atoms with Crippen molar-refractivity contribution in [1.82, 2.24) is 5.32 Å². The SMILES string of the molecule is C/C=C/C=C/CO.C/C=C/C=C/COC(=O)CCC1(C)CC(NC(=O)OC/C=C/C=C/C)CC(C)(C)C1.CC1(C)CC(N=C=O)CC(C)(CN=C=O)C1. The summed E-state index contributed by atoms with van der Waals surface area (Å²) in [6.45, 7) is 20.0. The number of aliphatic imine (C=N–C) groups is 2. The maximum absolute atomic E-state index is 12.2. The summed E-state index contributed by atoms with van der Waals surface area (Å²) in [5, 5.41) is 11.2. The van der Waals surface area contributed by atoms with Crippen LogP contribution in [-0.4, -0.2) is 67.8 Å². The van der Waals surface area contributed by atoms with Gasteiger partial charge in [0, 0.05) is 12.5 Å². The third-order valence-corrected chi connectivity index (χ3v) is 8.96. The van der Waals surface area contributed by atoms with Crippen molar-refractivity contribution < 1.29 is 33.8 Å². The first kappa shape index (κ1) is 48.9. The number of carbonyl (C=O) groups is 2. The topological polar surface area (TPSA) is 144 Å². The molecule has 0 aromatic carbocycles. The van der Waals surface area contributed by atoms with Gasteiger partial charge < -0.3 is 19.9 Å². The number of alkyl carbamates (subject to hydrolysis) is 1. The molecule has 0 saturated heterocycles. The van der Waals surface area contributed by atoms with E-state index in [9.17, 15) is 19.2 Å². The fourth-order valence-corrected chi connectivity index (χ4v) is 7.70. The zero-order valence-corrected chi connectivity index (χ0v) is 33.9. The third kappa shape index (κ3) is 24.7. The van der Waals surface area contributed by atoms with E-state index < -0.39 is 6.09 Å². The van der Waals surface area contributed by atoms with Crippen LogP contribution in [0.1, 0.15) is 114 Å². The molecule has 0 aliphatic heterocycles. The van der Waals surface area contributed by atoms with Crippen LogP contribution in [0.4, 0.5) is 4.79 Å². The Morgan fingerprint density at radius 1 is 0.736 bits per heavy atom. The largest absolute Gasteiger partial charge is 0.461 e. The summed E-state index contributed by atoms with van der Waals surface area (Å²) in [7, 11) is 0. The lowest BCUT2D eigenvalue weighted by Gasteiger charge is -2.46. The molecule has 2 N–H and O–H groups in total. The second-order valence-electron chi connectivity index (χ2n) is 16.1. The molecule has 2 aliphatic rings. The number of hydrogen-bond donors (Lipinski definition) is 2. The zero-order valence-electron chi connectivity index (χ0n) is 33.9. The van der Waals surface area contributed by atoms with Crippen molar-refractivity contribution in [1.29, 1.82) is 0 Å². The molecule has 4 unspecified atom stereocenters. The lowest BCUT2D eigenvalue weighted by atomic mass is 9.61. The molecule has 296 valence electrons. The number of amides is 1. The summed E-state index contributed by atoms with van der Waals surface area (Å²) >= 11 is 0. The average molecular weight is 738 g/mol. The maximum Gasteiger partial charge on any atom is 0.407 e. The van der Waals surface area contributed by atoms with Crippen LogP contribution in [0, 0.1) is 21.7 Å². The van der Waals surface area contributed by atoms with E-state index in [-0.39, 0.29) is 52.9 Å². The van der Waals surface area contributed by atoms with Gasteiger partial charge in [0.15, 0.2) is 0 Å². The number of nitrogens with one attached hydrogen (secondary N) is 1. The predicted molar refractivity (Wildman–Crippen MR) is 214 cm³/mol. The minimum absolute atomic E-state index is 0.00750. The first-order chi connectivity index (χ1) is 25.0. The number of hydrogen-bond acceptors (Lipinski definition) is 9. The molecule has 2 rings (SSSR count). The van der Waals surface area contributed by atoms with Crippen LogP contribution in [0.5, 0.6) is 0 Å². The van der Waals surface area contributed by atoms with E-state index in [1.165, 1.54) is 0 Å². The first-order valence-corrected chi connectivity index (χ1v) is 18.7. The standard InChI is InChI=1S/C25H39NO4.C12H18N2O2.C6H10O/c1-6-8-10-12-16-29-22(27)14-15-25(5)19-21(18-24(3,4)20-25)26-23(28)30-17-13-11-9-7-2;1-11(2)4-10(14-9-16)5-12(3,6-11)7-13-8-15;1-2-3-4-5-6-7/h6-13,21H,14-20H2,1-5H3,(H,26,28);10H,4-7H2,1-3H3;2-5,7H,6H2,1H3/b8-6+,9-7+,12-10+,13-11+;;3-2+,5-4+. The molecule has 0 aromatic heterocycles. The Bertz CT molecular complexity index is 1360. The summed E-state index contributed by atoms with van der Waals surface area (Å²) in [5.74, 6) is -0.179. The van der Waals surface area contributed by atoms with Crippen LogP contribution in [-0.2, 0) is 23.9 Å². The van der Waals surface area contributed by atoms with Crippen LogP contribution >= 0.6 is 0 Å². The smallest absolute Gasteiger partial charge is 0.407 e. The number of rotatable bonds is 15. The van der Waals surface area contributed by atoms with Crippen molar-refractivity contribution in [3.05, 3.63) is 72.9 Å². The summed E-state index contributed by atoms with van der Waals surface area (Å²) in [4.78, 5) is 52.3. The van der Waals surface area contributed by atoms with E-state index >= 15 is 0 Å². The van der Waals surface area contributed by atoms with Gasteiger partial charge in [0.2, 0.25) is 12.2 Å². The molecule has 0 radical (unpaired) electrons. The minimum atomic E-state index is -0.391. The highest BCUT2D eigenvalue weighted by molar-refractivity contribution is 5.69. The lowest BCUT2D eigenvalue weighted by Crippen LogP contribution is -2.47. The van der Waals surface area contributed by atoms with E-state index in [0.717, 1.165) is 44.9 Å². The molecule has 4 atom stereocenters. The Hall–Kier alpha value is -4.10. The highest BCUT2D eigenvalue weighted by Gasteiger charge is 2.42. The van der Waals surface area contributed by atoms with Gasteiger partial charge in [-0.25, -0.2) is 24.4 Å². The van der Waals surface area contributed by atoms with Gasteiger partial charge in [-0.1, -0.05) is 102 Å². The molecule has 1 amide bonds. The van der Waals surface area contributed by atoms with Crippen molar-refractivity contribution in [2.45, 2.75) is 126 Å². The maximum atomic E-state index is 12.2. The molecule has 53 heavy (non-hydrogen) atoms. The van der Waals surface area contributed by atoms with E-state index in [2.05, 4.69) is 56.8 Å². The number of aliphatic hydroxyl groups excluding tert-OH is 1. The predicted octanol–water partition coefficient (Wildman–Crippen LogP) is 9.24. The van der Waals surface area contributed by atoms with E-state index in [0.29, 0.717) is 19.6 Å². The molecule has 0 spiro atoms. The summed E-state index contributed by atoms with van der Waals surface area (Å²) in [6.07, 6.45) is 31.6. The number of allylic oxidation sites excluding steroid dienone is 9. The van der Waals surface area contributed by atoms with Crippen LogP contribution in [0.15, 0.2) is 82.9 Å². The summed E-state index contributed by atoms with van der Waals surface area (Å²) in [5.41, 5.74) is 0.0990. The zero-order chi connectivity index (χ0) is 40.2. The van der Waals surface area contributed by atoms with Crippen LogP contribution in [0.25, 0.3) is 0 Å². The molecule has 2 saturated carbocycles. The highest BCUT2D eigenvalue weighted by Crippen LogP contribution is 2.49. The van der Waals surface area contributed by atoms with E-state index in [4.69, 9.17) is 14.6 Å². The van der Waals surface area contributed by atoms with Crippen molar-refractivity contribution in [2.75, 3.05) is 26.4 Å². The third-order valence-electron chi connectivity index (χ3n) is 8.96. The average Bonchev–Trinajstić information content (AvgIpc) is 3.05. The number of isocyanates is 2. The van der Waals surface area contributed by atoms with Gasteiger partial charge in [-0.3, -0.25) is 4.79 Å². The van der Waals surface area contributed by atoms with E-state index in [1.807, 2.05) is 75.5 Å². The molecular formula is C43H67N3O7. The van der Waals surface area contributed by atoms with Crippen LogP contribution < -0.4 is 5.32 Å². The van der Waals surface area contributed by atoms with Crippen molar-refractivity contribution in [3.63, 3.8) is 0 Å². The molecule has 0 aromatic rings. The molecule has 0 heterocycles. The number of aliphatic hydroxyl groups is 1. The number of nitrogens with zero attached hydrogens (tertiary/aromatic N) is 2. The number of carbonyl (C=O) groups excluding carboxylic acids is 4. The molecule has 10 heteroatoms. The van der Waals surface area contributed by atoms with Gasteiger partial charge in [0.25, 0.3) is 0 Å². The monoisotopic (exact) mass is 737 g/mol. The summed E-state index contributed by atoms with van der Waals surface area (Å²) < 4.78 is 10.5. The quantitative estimate of drug-likeness (QED) is 0.0738. The van der Waals surface area contributed by atoms with Crippen molar-refractivity contribution in [2.24, 2.45) is 31.6 Å². The molecule has 2 fully saturated rings. The van der Waals surface area contributed by atoms with E-state index in [1.54, 1.807) is 30.4 Å². The minimum Gasteiger partial charge on any atom is -0.461 e. The van der Waals surface area contributed by atoms with Gasteiger partial charge in [0.05, 0.1) is 19.2 Å². The molecule has 2 aliphatic carbocycles. The fraction of sp³-hybridized carbons (Fsp3) is 0.628. The fourth-order valence-electron chi connectivity index (χ4n) is 7.70. The highest BCUT2D eigenvalue weighted by atomic mass is 16.5. The van der Waals surface area contributed by atoms with Crippen molar-refractivity contribution >= 4 is 24.2 Å². The first-order valence-electron chi connectivity index (χ1n) is 18.7. The Balaban J connectivity index is 0.000000971. The lowest BCUT2D eigenvalue weighted by molar-refractivity contribution is -0.143. The number of esters is 1. The molecule has 10 nitrogen and oxygen atoms in total. The van der Waals surface area contributed by atoms with Gasteiger partial charge in [-0.05, 0) is 99.5 Å². The Kier molecular flexibility index (Phi) is 24.6. The van der Waals surface area contributed by atoms with Crippen LogP contribution in [0.2, 0.25) is 0 Å². The second-order valence-corrected chi connectivity index (χ2v) is 16.1. The Labute approximate surface area is 319 Å². The second kappa shape index (κ2) is 26.6. The van der Waals surface area contributed by atoms with Gasteiger partial charge >= 0.3 is 12.1 Å². The van der Waals surface area contributed by atoms with Crippen molar-refractivity contribution in [3.8, 4) is 0 Å². The van der Waals surface area contributed by atoms with Crippen LogP contribution in [0.3, 0.4) is 0 Å².